The van der Waals surface area contributed by atoms with Crippen LogP contribution in [0.25, 0.3) is 0 Å². The number of alkyl carbamates (subject to hydrolysis) is 1. The highest BCUT2D eigenvalue weighted by Gasteiger charge is 2.23. The van der Waals surface area contributed by atoms with Gasteiger partial charge in [-0.05, 0) is 26.8 Å². The first-order valence-electron chi connectivity index (χ1n) is 5.37. The van der Waals surface area contributed by atoms with Crippen LogP contribution in [-0.4, -0.2) is 36.4 Å². The monoisotopic (exact) mass is 242 g/mol. The van der Waals surface area contributed by atoms with Crippen LogP contribution < -0.4 is 11.1 Å². The Balaban J connectivity index is 2.42. The molecule has 6 heteroatoms. The molecule has 0 bridgehead atoms. The van der Waals surface area contributed by atoms with Crippen molar-refractivity contribution in [2.45, 2.75) is 38.5 Å². The Labute approximate surface area is 100 Å². The third-order valence-electron chi connectivity index (χ3n) is 1.96. The van der Waals surface area contributed by atoms with Crippen molar-refractivity contribution in [3.05, 3.63) is 12.2 Å². The van der Waals surface area contributed by atoms with Crippen LogP contribution in [-0.2, 0) is 14.3 Å². The summed E-state index contributed by atoms with van der Waals surface area (Å²) in [7, 11) is 0. The summed E-state index contributed by atoms with van der Waals surface area (Å²) < 4.78 is 10.2. The highest BCUT2D eigenvalue weighted by Crippen LogP contribution is 2.09. The average molecular weight is 242 g/mol. The van der Waals surface area contributed by atoms with Gasteiger partial charge >= 0.3 is 6.09 Å². The second-order valence-electron chi connectivity index (χ2n) is 4.79. The number of carbonyl (C=O) groups is 2. The molecular weight excluding hydrogens is 224 g/mol. The van der Waals surface area contributed by atoms with Gasteiger partial charge in [-0.15, -0.1) is 0 Å². The van der Waals surface area contributed by atoms with Crippen molar-refractivity contribution in [3.8, 4) is 0 Å². The quantitative estimate of drug-likeness (QED) is 0.682. The Bertz CT molecular complexity index is 333. The Kier molecular flexibility index (Phi) is 4.11. The SMILES string of the molecule is CC(C)(C)OC(=O)N[C@@H]1C=C[C@@H](C(N)=O)OC1. The van der Waals surface area contributed by atoms with Gasteiger partial charge in [-0.25, -0.2) is 4.79 Å². The van der Waals surface area contributed by atoms with Gasteiger partial charge in [0.05, 0.1) is 12.6 Å². The number of ether oxygens (including phenoxy) is 2. The van der Waals surface area contributed by atoms with Gasteiger partial charge in [0.25, 0.3) is 5.91 Å². The Morgan fingerprint density at radius 3 is 2.47 bits per heavy atom. The third kappa shape index (κ3) is 4.86. The van der Waals surface area contributed by atoms with Crippen LogP contribution in [0.2, 0.25) is 0 Å². The molecule has 1 heterocycles. The number of nitrogens with two attached hydrogens (primary N) is 1. The standard InChI is InChI=1S/C11H18N2O4/c1-11(2,3)17-10(15)13-7-4-5-8(9(12)14)16-6-7/h4-5,7-8H,6H2,1-3H3,(H2,12,14)(H,13,15)/t7-,8+/m1/s1. The number of carbonyl (C=O) groups excluding carboxylic acids is 2. The maximum Gasteiger partial charge on any atom is 0.408 e. The van der Waals surface area contributed by atoms with Gasteiger partial charge in [-0.2, -0.15) is 0 Å². The lowest BCUT2D eigenvalue weighted by Crippen LogP contribution is -2.44. The van der Waals surface area contributed by atoms with E-state index in [0.717, 1.165) is 0 Å². The zero-order valence-electron chi connectivity index (χ0n) is 10.2. The Morgan fingerprint density at radius 1 is 1.41 bits per heavy atom. The first kappa shape index (κ1) is 13.5. The molecule has 3 N–H and O–H groups in total. The molecule has 0 aromatic rings. The van der Waals surface area contributed by atoms with Crippen molar-refractivity contribution < 1.29 is 19.1 Å². The minimum Gasteiger partial charge on any atom is -0.444 e. The normalized spacial score (nSPS) is 24.2. The first-order valence-corrected chi connectivity index (χ1v) is 5.37. The van der Waals surface area contributed by atoms with E-state index in [2.05, 4.69) is 5.32 Å². The van der Waals surface area contributed by atoms with E-state index in [4.69, 9.17) is 15.2 Å². The molecule has 6 nitrogen and oxygen atoms in total. The molecule has 0 spiro atoms. The Morgan fingerprint density at radius 2 is 2.06 bits per heavy atom. The van der Waals surface area contributed by atoms with Crippen LogP contribution >= 0.6 is 0 Å². The van der Waals surface area contributed by atoms with E-state index in [-0.39, 0.29) is 12.6 Å². The lowest BCUT2D eigenvalue weighted by molar-refractivity contribution is -0.127. The van der Waals surface area contributed by atoms with Crippen LogP contribution in [0.15, 0.2) is 12.2 Å². The topological polar surface area (TPSA) is 90.6 Å². The first-order chi connectivity index (χ1) is 7.78. The van der Waals surface area contributed by atoms with Gasteiger partial charge in [-0.1, -0.05) is 6.08 Å². The van der Waals surface area contributed by atoms with Crippen molar-refractivity contribution in [1.29, 1.82) is 0 Å². The molecule has 1 rings (SSSR count). The van der Waals surface area contributed by atoms with Gasteiger partial charge in [0.2, 0.25) is 0 Å². The summed E-state index contributed by atoms with van der Waals surface area (Å²) >= 11 is 0. The summed E-state index contributed by atoms with van der Waals surface area (Å²) in [5.41, 5.74) is 4.53. The number of amides is 2. The molecule has 0 aliphatic carbocycles. The largest absolute Gasteiger partial charge is 0.444 e. The maximum atomic E-state index is 11.4. The Hall–Kier alpha value is -1.56. The van der Waals surface area contributed by atoms with Crippen LogP contribution in [0.4, 0.5) is 4.79 Å². The second-order valence-corrected chi connectivity index (χ2v) is 4.79. The minimum atomic E-state index is -0.716. The van der Waals surface area contributed by atoms with E-state index in [9.17, 15) is 9.59 Å². The van der Waals surface area contributed by atoms with Crippen LogP contribution in [0, 0.1) is 0 Å². The zero-order valence-corrected chi connectivity index (χ0v) is 10.2. The molecule has 1 aliphatic heterocycles. The van der Waals surface area contributed by atoms with Gasteiger partial charge in [-0.3, -0.25) is 4.79 Å². The van der Waals surface area contributed by atoms with E-state index in [0.29, 0.717) is 0 Å². The molecule has 1 aliphatic rings. The van der Waals surface area contributed by atoms with Crippen molar-refractivity contribution in [2.75, 3.05) is 6.61 Å². The third-order valence-corrected chi connectivity index (χ3v) is 1.96. The number of primary amides is 1. The van der Waals surface area contributed by atoms with E-state index >= 15 is 0 Å². The lowest BCUT2D eigenvalue weighted by Gasteiger charge is -2.25. The predicted octanol–water partition coefficient (Wildman–Crippen LogP) is 0.320. The fourth-order valence-electron chi connectivity index (χ4n) is 1.28. The molecule has 0 aromatic heterocycles. The smallest absolute Gasteiger partial charge is 0.408 e. The molecular formula is C11H18N2O4. The fourth-order valence-corrected chi connectivity index (χ4v) is 1.28. The van der Waals surface area contributed by atoms with Gasteiger partial charge in [0, 0.05) is 0 Å². The molecule has 0 unspecified atom stereocenters. The zero-order chi connectivity index (χ0) is 13.1. The fraction of sp³-hybridized carbons (Fsp3) is 0.636. The molecule has 96 valence electrons. The molecule has 0 saturated carbocycles. The summed E-state index contributed by atoms with van der Waals surface area (Å²) in [6.45, 7) is 5.54. The predicted molar refractivity (Wildman–Crippen MR) is 61.2 cm³/mol. The molecule has 2 atom stereocenters. The molecule has 0 saturated heterocycles. The number of hydrogen-bond acceptors (Lipinski definition) is 4. The number of nitrogens with one attached hydrogen (secondary N) is 1. The van der Waals surface area contributed by atoms with Gasteiger partial charge < -0.3 is 20.5 Å². The van der Waals surface area contributed by atoms with E-state index in [1.54, 1.807) is 26.8 Å². The van der Waals surface area contributed by atoms with E-state index in [1.165, 1.54) is 6.08 Å². The second kappa shape index (κ2) is 5.18. The molecule has 0 aromatic carbocycles. The molecule has 0 fully saturated rings. The molecule has 2 amide bonds. The van der Waals surface area contributed by atoms with Crippen LogP contribution in [0.3, 0.4) is 0 Å². The summed E-state index contributed by atoms with van der Waals surface area (Å²) in [6, 6.07) is -0.305. The van der Waals surface area contributed by atoms with Gasteiger partial charge in [0.15, 0.2) is 6.10 Å². The molecule has 17 heavy (non-hydrogen) atoms. The lowest BCUT2D eigenvalue weighted by atomic mass is 10.2. The van der Waals surface area contributed by atoms with Crippen molar-refractivity contribution in [2.24, 2.45) is 5.73 Å². The number of rotatable bonds is 2. The van der Waals surface area contributed by atoms with Gasteiger partial charge in [0.1, 0.15) is 5.60 Å². The maximum absolute atomic E-state index is 11.4. The summed E-state index contributed by atoms with van der Waals surface area (Å²) in [6.07, 6.45) is 1.96. The number of hydrogen-bond donors (Lipinski definition) is 2. The summed E-state index contributed by atoms with van der Waals surface area (Å²) in [4.78, 5) is 22.2. The summed E-state index contributed by atoms with van der Waals surface area (Å²) in [5, 5.41) is 2.61. The summed E-state index contributed by atoms with van der Waals surface area (Å²) in [5.74, 6) is -0.544. The van der Waals surface area contributed by atoms with Crippen LogP contribution in [0.5, 0.6) is 0 Å². The van der Waals surface area contributed by atoms with Crippen molar-refractivity contribution in [1.82, 2.24) is 5.32 Å². The highest BCUT2D eigenvalue weighted by atomic mass is 16.6. The van der Waals surface area contributed by atoms with E-state index in [1.807, 2.05) is 0 Å². The van der Waals surface area contributed by atoms with Crippen molar-refractivity contribution >= 4 is 12.0 Å². The highest BCUT2D eigenvalue weighted by molar-refractivity contribution is 5.81. The van der Waals surface area contributed by atoms with Crippen molar-refractivity contribution in [3.63, 3.8) is 0 Å². The van der Waals surface area contributed by atoms with E-state index < -0.39 is 23.7 Å². The minimum absolute atomic E-state index is 0.198. The molecule has 0 radical (unpaired) electrons. The van der Waals surface area contributed by atoms with Crippen LogP contribution in [0.1, 0.15) is 20.8 Å². The average Bonchev–Trinajstić information content (AvgIpc) is 2.15.